The maximum atomic E-state index is 13.0. The van der Waals surface area contributed by atoms with Crippen molar-refractivity contribution in [3.8, 4) is 0 Å². The molecule has 1 saturated heterocycles. The number of hydrogen-bond acceptors (Lipinski definition) is 5. The number of piperazine rings is 1. The van der Waals surface area contributed by atoms with Gasteiger partial charge in [-0.15, -0.1) is 0 Å². The summed E-state index contributed by atoms with van der Waals surface area (Å²) in [4.78, 5) is 17.8. The van der Waals surface area contributed by atoms with Crippen molar-refractivity contribution in [2.24, 2.45) is 0 Å². The summed E-state index contributed by atoms with van der Waals surface area (Å²) in [6.07, 6.45) is 0. The molecule has 5 nitrogen and oxygen atoms in total. The average molecular weight is 382 g/mol. The number of benzene rings is 1. The van der Waals surface area contributed by atoms with Crippen molar-refractivity contribution in [3.63, 3.8) is 0 Å². The van der Waals surface area contributed by atoms with Crippen molar-refractivity contribution in [2.75, 3.05) is 49.5 Å². The fourth-order valence-electron chi connectivity index (χ4n) is 3.58. The number of nitrogens with zero attached hydrogens (tertiary/aromatic N) is 2. The minimum Gasteiger partial charge on any atom is -0.395 e. The van der Waals surface area contributed by atoms with Crippen LogP contribution in [0, 0.1) is 0 Å². The van der Waals surface area contributed by atoms with Crippen LogP contribution in [-0.4, -0.2) is 49.3 Å². The summed E-state index contributed by atoms with van der Waals surface area (Å²) < 4.78 is 0. The second-order valence-electron chi connectivity index (χ2n) is 7.65. The van der Waals surface area contributed by atoms with Crippen molar-refractivity contribution in [1.82, 2.24) is 4.90 Å². The first-order valence-corrected chi connectivity index (χ1v) is 10.1. The summed E-state index contributed by atoms with van der Waals surface area (Å²) in [6.45, 7) is 9.08. The number of anilines is 2. The summed E-state index contributed by atoms with van der Waals surface area (Å²) >= 11 is 0. The molecule has 2 N–H and O–H groups in total. The Hall–Kier alpha value is -2.37. The van der Waals surface area contributed by atoms with Crippen LogP contribution in [0.3, 0.4) is 0 Å². The number of hydrogen-bond donors (Lipinski definition) is 2. The largest absolute Gasteiger partial charge is 0.395 e. The van der Waals surface area contributed by atoms with E-state index in [2.05, 4.69) is 59.3 Å². The predicted octanol–water partition coefficient (Wildman–Crippen LogP) is 2.90. The molecule has 0 saturated carbocycles. The maximum Gasteiger partial charge on any atom is 0.206 e. The van der Waals surface area contributed by atoms with E-state index in [-0.39, 0.29) is 12.0 Å². The van der Waals surface area contributed by atoms with Gasteiger partial charge in [0.2, 0.25) is 5.43 Å². The third kappa shape index (κ3) is 5.12. The topological polar surface area (TPSA) is 55.8 Å². The Morgan fingerprint density at radius 2 is 1.75 bits per heavy atom. The molecular formula is C23H31N3O2. The highest BCUT2D eigenvalue weighted by molar-refractivity contribution is 5.48. The Bertz CT molecular complexity index is 816. The van der Waals surface area contributed by atoms with Crippen LogP contribution in [-0.2, 0) is 6.54 Å². The molecule has 1 fully saturated rings. The van der Waals surface area contributed by atoms with Gasteiger partial charge in [0, 0.05) is 50.5 Å². The van der Waals surface area contributed by atoms with Gasteiger partial charge in [0.1, 0.15) is 0 Å². The van der Waals surface area contributed by atoms with E-state index in [4.69, 9.17) is 5.11 Å². The van der Waals surface area contributed by atoms with Crippen LogP contribution in [0.25, 0.3) is 0 Å². The SMILES string of the molecule is CC(C)c1ccc(CN2CCN(c3ccccc3)CC2)c(=O)c(NCCO)c1. The van der Waals surface area contributed by atoms with E-state index in [9.17, 15) is 4.79 Å². The third-order valence-corrected chi connectivity index (χ3v) is 5.31. The van der Waals surface area contributed by atoms with Gasteiger partial charge in [-0.05, 0) is 29.7 Å². The van der Waals surface area contributed by atoms with E-state index in [1.54, 1.807) is 0 Å². The summed E-state index contributed by atoms with van der Waals surface area (Å²) in [5.74, 6) is 0.337. The van der Waals surface area contributed by atoms with Gasteiger partial charge >= 0.3 is 0 Å². The fraction of sp³-hybridized carbons (Fsp3) is 0.435. The van der Waals surface area contributed by atoms with E-state index in [1.165, 1.54) is 5.69 Å². The van der Waals surface area contributed by atoms with E-state index in [1.807, 2.05) is 18.2 Å². The van der Waals surface area contributed by atoms with Crippen molar-refractivity contribution in [2.45, 2.75) is 26.3 Å². The molecule has 5 heteroatoms. The predicted molar refractivity (Wildman–Crippen MR) is 116 cm³/mol. The first-order chi connectivity index (χ1) is 13.6. The Morgan fingerprint density at radius 1 is 1.04 bits per heavy atom. The molecule has 0 unspecified atom stereocenters. The Morgan fingerprint density at radius 3 is 2.39 bits per heavy atom. The van der Waals surface area contributed by atoms with Crippen LogP contribution in [0.4, 0.5) is 11.4 Å². The maximum absolute atomic E-state index is 13.0. The Labute approximate surface area is 167 Å². The molecule has 2 aromatic rings. The molecule has 0 spiro atoms. The number of para-hydroxylation sites is 1. The van der Waals surface area contributed by atoms with Gasteiger partial charge in [-0.2, -0.15) is 0 Å². The van der Waals surface area contributed by atoms with Crippen molar-refractivity contribution >= 4 is 11.4 Å². The number of nitrogens with one attached hydrogen (secondary N) is 1. The van der Waals surface area contributed by atoms with Crippen LogP contribution in [0.15, 0.2) is 53.3 Å². The molecule has 1 aliphatic rings. The quantitative estimate of drug-likeness (QED) is 0.772. The molecular weight excluding hydrogens is 350 g/mol. The molecule has 0 bridgehead atoms. The minimum absolute atomic E-state index is 0.00579. The Kier molecular flexibility index (Phi) is 7.06. The van der Waals surface area contributed by atoms with E-state index in [0.29, 0.717) is 24.7 Å². The summed E-state index contributed by atoms with van der Waals surface area (Å²) in [7, 11) is 0. The lowest BCUT2D eigenvalue weighted by Crippen LogP contribution is -2.46. The van der Waals surface area contributed by atoms with Crippen molar-refractivity contribution < 1.29 is 5.11 Å². The highest BCUT2D eigenvalue weighted by Gasteiger charge is 2.18. The zero-order valence-corrected chi connectivity index (χ0v) is 16.9. The molecule has 1 aliphatic heterocycles. The molecule has 0 aromatic heterocycles. The zero-order valence-electron chi connectivity index (χ0n) is 16.9. The van der Waals surface area contributed by atoms with E-state index >= 15 is 0 Å². The van der Waals surface area contributed by atoms with Crippen molar-refractivity contribution in [1.29, 1.82) is 0 Å². The van der Waals surface area contributed by atoms with Crippen LogP contribution in [0.5, 0.6) is 0 Å². The molecule has 1 heterocycles. The zero-order chi connectivity index (χ0) is 19.9. The second-order valence-corrected chi connectivity index (χ2v) is 7.65. The van der Waals surface area contributed by atoms with Gasteiger partial charge in [0.25, 0.3) is 0 Å². The monoisotopic (exact) mass is 381 g/mol. The number of aliphatic hydroxyl groups is 1. The number of aliphatic hydroxyl groups excluding tert-OH is 1. The molecule has 0 atom stereocenters. The number of rotatable bonds is 7. The fourth-order valence-corrected chi connectivity index (χ4v) is 3.58. The second kappa shape index (κ2) is 9.71. The smallest absolute Gasteiger partial charge is 0.206 e. The van der Waals surface area contributed by atoms with Gasteiger partial charge in [-0.3, -0.25) is 9.69 Å². The van der Waals surface area contributed by atoms with Gasteiger partial charge in [-0.25, -0.2) is 0 Å². The van der Waals surface area contributed by atoms with E-state index in [0.717, 1.165) is 37.3 Å². The highest BCUT2D eigenvalue weighted by Crippen LogP contribution is 2.19. The van der Waals surface area contributed by atoms with Gasteiger partial charge in [-0.1, -0.05) is 44.2 Å². The molecule has 150 valence electrons. The molecule has 0 amide bonds. The standard InChI is InChI=1S/C23H31N3O2/c1-18(2)19-8-9-20(23(28)22(16-19)24-10-15-27)17-25-11-13-26(14-12-25)21-6-4-3-5-7-21/h3-9,16,18,27H,10-15,17H2,1-2H3,(H,24,28). The van der Waals surface area contributed by atoms with Gasteiger partial charge in [0.15, 0.2) is 0 Å². The normalized spacial score (nSPS) is 15.1. The third-order valence-electron chi connectivity index (χ3n) is 5.31. The summed E-state index contributed by atoms with van der Waals surface area (Å²) in [5.41, 5.74) is 3.81. The molecule has 0 radical (unpaired) electrons. The lowest BCUT2D eigenvalue weighted by Gasteiger charge is -2.36. The molecule has 2 aromatic carbocycles. The van der Waals surface area contributed by atoms with Gasteiger partial charge in [0.05, 0.1) is 12.3 Å². The molecule has 28 heavy (non-hydrogen) atoms. The first kappa shape index (κ1) is 20.4. The lowest BCUT2D eigenvalue weighted by molar-refractivity contribution is 0.249. The van der Waals surface area contributed by atoms with Gasteiger partial charge < -0.3 is 15.3 Å². The molecule has 0 aliphatic carbocycles. The highest BCUT2D eigenvalue weighted by atomic mass is 16.3. The lowest BCUT2D eigenvalue weighted by atomic mass is 10.1. The molecule has 3 rings (SSSR count). The van der Waals surface area contributed by atoms with E-state index < -0.39 is 0 Å². The van der Waals surface area contributed by atoms with Crippen LogP contribution in [0.1, 0.15) is 30.9 Å². The first-order valence-electron chi connectivity index (χ1n) is 10.1. The van der Waals surface area contributed by atoms with Crippen LogP contribution in [0.2, 0.25) is 0 Å². The Balaban J connectivity index is 1.73. The summed E-state index contributed by atoms with van der Waals surface area (Å²) in [5, 5.41) is 12.2. The average Bonchev–Trinajstić information content (AvgIpc) is 2.87. The van der Waals surface area contributed by atoms with Crippen LogP contribution < -0.4 is 15.6 Å². The van der Waals surface area contributed by atoms with Crippen molar-refractivity contribution in [3.05, 3.63) is 69.9 Å². The summed E-state index contributed by atoms with van der Waals surface area (Å²) in [6, 6.07) is 16.4. The van der Waals surface area contributed by atoms with Crippen LogP contribution >= 0.6 is 0 Å². The minimum atomic E-state index is 0.00579.